The average Bonchev–Trinajstić information content (AvgIpc) is 2.76. The van der Waals surface area contributed by atoms with E-state index in [1.807, 2.05) is 0 Å². The number of nitrogens with two attached hydrogens (primary N) is 1. The average molecular weight is 355 g/mol. The summed E-state index contributed by atoms with van der Waals surface area (Å²) in [5.41, 5.74) is 6.46. The van der Waals surface area contributed by atoms with Crippen molar-refractivity contribution in [3.8, 4) is 0 Å². The van der Waals surface area contributed by atoms with Gasteiger partial charge in [-0.15, -0.1) is 0 Å². The molecular formula is C15H19BrN2O3. The van der Waals surface area contributed by atoms with Crippen LogP contribution in [-0.4, -0.2) is 36.5 Å². The number of rotatable bonds is 3. The van der Waals surface area contributed by atoms with E-state index in [9.17, 15) is 9.59 Å². The summed E-state index contributed by atoms with van der Waals surface area (Å²) >= 11 is 3.27. The highest BCUT2D eigenvalue weighted by Crippen LogP contribution is 2.20. The van der Waals surface area contributed by atoms with Crippen LogP contribution in [0.25, 0.3) is 0 Å². The van der Waals surface area contributed by atoms with Gasteiger partial charge in [0.1, 0.15) is 0 Å². The lowest BCUT2D eigenvalue weighted by Gasteiger charge is -2.20. The molecule has 6 heteroatoms. The molecule has 0 atom stereocenters. The molecule has 0 aliphatic carbocycles. The first-order chi connectivity index (χ1) is 10.1. The van der Waals surface area contributed by atoms with Gasteiger partial charge in [0, 0.05) is 23.2 Å². The number of carbonyl (C=O) groups excluding carboxylic acids is 2. The van der Waals surface area contributed by atoms with Crippen LogP contribution in [0.4, 0.5) is 5.69 Å². The van der Waals surface area contributed by atoms with Crippen LogP contribution in [0.1, 0.15) is 36.0 Å². The summed E-state index contributed by atoms with van der Waals surface area (Å²) in [6, 6.07) is 4.90. The third-order valence-electron chi connectivity index (χ3n) is 3.50. The molecule has 0 bridgehead atoms. The number of carbonyl (C=O) groups is 2. The number of ether oxygens (including phenoxy) is 1. The van der Waals surface area contributed by atoms with Crippen molar-refractivity contribution in [2.24, 2.45) is 0 Å². The van der Waals surface area contributed by atoms with E-state index in [1.54, 1.807) is 17.0 Å². The van der Waals surface area contributed by atoms with Crippen molar-refractivity contribution in [3.63, 3.8) is 0 Å². The minimum atomic E-state index is -0.544. The zero-order valence-electron chi connectivity index (χ0n) is 11.8. The van der Waals surface area contributed by atoms with E-state index >= 15 is 0 Å². The molecule has 0 aromatic heterocycles. The normalized spacial score (nSPS) is 15.4. The van der Waals surface area contributed by atoms with Crippen molar-refractivity contribution >= 4 is 33.5 Å². The molecule has 1 amide bonds. The molecule has 21 heavy (non-hydrogen) atoms. The zero-order valence-corrected chi connectivity index (χ0v) is 13.4. The number of benzene rings is 1. The fourth-order valence-corrected chi connectivity index (χ4v) is 2.72. The standard InChI is InChI=1S/C15H19BrN2O3/c16-13-6-5-11(17)9-12(13)15(20)21-10-14(19)18-7-3-1-2-4-8-18/h5-6,9H,1-4,7-8,10,17H2. The number of likely N-dealkylation sites (tertiary alicyclic amines) is 1. The third-order valence-corrected chi connectivity index (χ3v) is 4.19. The SMILES string of the molecule is Nc1ccc(Br)c(C(=O)OCC(=O)N2CCCCCC2)c1. The van der Waals surface area contributed by atoms with Crippen LogP contribution in [-0.2, 0) is 9.53 Å². The van der Waals surface area contributed by atoms with Gasteiger partial charge in [-0.05, 0) is 47.0 Å². The number of nitrogen functional groups attached to an aromatic ring is 1. The number of hydrogen-bond donors (Lipinski definition) is 1. The van der Waals surface area contributed by atoms with Gasteiger partial charge in [-0.3, -0.25) is 4.79 Å². The quantitative estimate of drug-likeness (QED) is 0.668. The predicted octanol–water partition coefficient (Wildman–Crippen LogP) is 2.59. The van der Waals surface area contributed by atoms with Crippen LogP contribution in [0.3, 0.4) is 0 Å². The number of anilines is 1. The van der Waals surface area contributed by atoms with Crippen LogP contribution in [0.5, 0.6) is 0 Å². The molecule has 2 rings (SSSR count). The van der Waals surface area contributed by atoms with Crippen LogP contribution >= 0.6 is 15.9 Å². The van der Waals surface area contributed by atoms with Crippen LogP contribution in [0.2, 0.25) is 0 Å². The Kier molecular flexibility index (Phi) is 5.61. The Morgan fingerprint density at radius 3 is 2.52 bits per heavy atom. The molecule has 1 heterocycles. The van der Waals surface area contributed by atoms with E-state index in [1.165, 1.54) is 6.07 Å². The molecular weight excluding hydrogens is 336 g/mol. The van der Waals surface area contributed by atoms with Crippen molar-refractivity contribution in [2.75, 3.05) is 25.4 Å². The van der Waals surface area contributed by atoms with Gasteiger partial charge >= 0.3 is 5.97 Å². The first kappa shape index (κ1) is 15.8. The Morgan fingerprint density at radius 2 is 1.86 bits per heavy atom. The summed E-state index contributed by atoms with van der Waals surface area (Å²) in [7, 11) is 0. The first-order valence-corrected chi connectivity index (χ1v) is 7.87. The molecule has 1 aliphatic heterocycles. The number of hydrogen-bond acceptors (Lipinski definition) is 4. The van der Waals surface area contributed by atoms with Crippen molar-refractivity contribution < 1.29 is 14.3 Å². The number of esters is 1. The van der Waals surface area contributed by atoms with Crippen LogP contribution < -0.4 is 5.73 Å². The fourth-order valence-electron chi connectivity index (χ4n) is 2.32. The van der Waals surface area contributed by atoms with Gasteiger partial charge in [-0.25, -0.2) is 4.79 Å². The van der Waals surface area contributed by atoms with Crippen molar-refractivity contribution in [3.05, 3.63) is 28.2 Å². The molecule has 1 fully saturated rings. The summed E-state index contributed by atoms with van der Waals surface area (Å²) in [6.45, 7) is 1.27. The monoisotopic (exact) mass is 354 g/mol. The summed E-state index contributed by atoms with van der Waals surface area (Å²) < 4.78 is 5.70. The fraction of sp³-hybridized carbons (Fsp3) is 0.467. The van der Waals surface area contributed by atoms with E-state index in [0.29, 0.717) is 15.7 Å². The molecule has 0 radical (unpaired) electrons. The van der Waals surface area contributed by atoms with Crippen molar-refractivity contribution in [1.29, 1.82) is 0 Å². The molecule has 114 valence electrons. The Morgan fingerprint density at radius 1 is 1.19 bits per heavy atom. The summed E-state index contributed by atoms with van der Waals surface area (Å²) in [6.07, 6.45) is 4.33. The maximum absolute atomic E-state index is 12.1. The lowest BCUT2D eigenvalue weighted by Crippen LogP contribution is -2.35. The molecule has 1 aromatic rings. The molecule has 1 aliphatic rings. The molecule has 1 saturated heterocycles. The molecule has 1 aromatic carbocycles. The van der Waals surface area contributed by atoms with Gasteiger partial charge in [-0.2, -0.15) is 0 Å². The lowest BCUT2D eigenvalue weighted by molar-refractivity contribution is -0.134. The topological polar surface area (TPSA) is 72.6 Å². The molecule has 2 N–H and O–H groups in total. The van der Waals surface area contributed by atoms with Crippen molar-refractivity contribution in [2.45, 2.75) is 25.7 Å². The van der Waals surface area contributed by atoms with Gasteiger partial charge in [-0.1, -0.05) is 12.8 Å². The molecule has 5 nitrogen and oxygen atoms in total. The van der Waals surface area contributed by atoms with Crippen molar-refractivity contribution in [1.82, 2.24) is 4.90 Å². The Labute approximate surface area is 132 Å². The maximum atomic E-state index is 12.1. The summed E-state index contributed by atoms with van der Waals surface area (Å²) in [4.78, 5) is 25.8. The second-order valence-electron chi connectivity index (χ2n) is 5.11. The minimum absolute atomic E-state index is 0.134. The van der Waals surface area contributed by atoms with Crippen LogP contribution in [0.15, 0.2) is 22.7 Å². The maximum Gasteiger partial charge on any atom is 0.339 e. The van der Waals surface area contributed by atoms with E-state index in [2.05, 4.69) is 15.9 Å². The largest absolute Gasteiger partial charge is 0.452 e. The smallest absolute Gasteiger partial charge is 0.339 e. The van der Waals surface area contributed by atoms with E-state index in [0.717, 1.165) is 38.8 Å². The van der Waals surface area contributed by atoms with Gasteiger partial charge in [0.25, 0.3) is 5.91 Å². The van der Waals surface area contributed by atoms with E-state index < -0.39 is 5.97 Å². The highest BCUT2D eigenvalue weighted by atomic mass is 79.9. The molecule has 0 spiro atoms. The third kappa shape index (κ3) is 4.46. The highest BCUT2D eigenvalue weighted by molar-refractivity contribution is 9.10. The zero-order chi connectivity index (χ0) is 15.2. The summed E-state index contributed by atoms with van der Waals surface area (Å²) in [5.74, 6) is -0.678. The summed E-state index contributed by atoms with van der Waals surface area (Å²) in [5, 5.41) is 0. The Hall–Kier alpha value is -1.56. The number of amides is 1. The van der Waals surface area contributed by atoms with Gasteiger partial charge < -0.3 is 15.4 Å². The van der Waals surface area contributed by atoms with E-state index in [-0.39, 0.29) is 12.5 Å². The number of nitrogens with zero attached hydrogens (tertiary/aromatic N) is 1. The van der Waals surface area contributed by atoms with Crippen LogP contribution in [0, 0.1) is 0 Å². The minimum Gasteiger partial charge on any atom is -0.452 e. The van der Waals surface area contributed by atoms with Gasteiger partial charge in [0.15, 0.2) is 6.61 Å². The van der Waals surface area contributed by atoms with E-state index in [4.69, 9.17) is 10.5 Å². The lowest BCUT2D eigenvalue weighted by atomic mass is 10.2. The second kappa shape index (κ2) is 7.45. The predicted molar refractivity (Wildman–Crippen MR) is 83.9 cm³/mol. The highest BCUT2D eigenvalue weighted by Gasteiger charge is 2.18. The van der Waals surface area contributed by atoms with Gasteiger partial charge in [0.05, 0.1) is 5.56 Å². The van der Waals surface area contributed by atoms with Gasteiger partial charge in [0.2, 0.25) is 0 Å². The molecule has 0 saturated carbocycles. The molecule has 0 unspecified atom stereocenters. The Balaban J connectivity index is 1.91. The second-order valence-corrected chi connectivity index (χ2v) is 5.96. The first-order valence-electron chi connectivity index (χ1n) is 7.08. The Bertz CT molecular complexity index is 526. The number of halogens is 1.